The van der Waals surface area contributed by atoms with Gasteiger partial charge in [0.05, 0.1) is 0 Å². The molecule has 0 aromatic rings. The van der Waals surface area contributed by atoms with Crippen LogP contribution in [0, 0.1) is 0 Å². The molecule has 1 aliphatic carbocycles. The molecule has 0 bridgehead atoms. The molecule has 0 radical (unpaired) electrons. The van der Waals surface area contributed by atoms with Crippen molar-refractivity contribution < 1.29 is 35.4 Å². The Labute approximate surface area is 85.2 Å². The first-order chi connectivity index (χ1) is 6.74. The van der Waals surface area contributed by atoms with Gasteiger partial charge in [-0.2, -0.15) is 0 Å². The largest absolute Gasteiger partial charge is 0.387 e. The number of aliphatic hydroxyl groups excluding tert-OH is 5. The number of hydrogen-bond donors (Lipinski definition) is 6. The van der Waals surface area contributed by atoms with E-state index in [1.54, 1.807) is 0 Å². The minimum absolute atomic E-state index is 0.892. The predicted molar refractivity (Wildman–Crippen MR) is 45.7 cm³/mol. The van der Waals surface area contributed by atoms with Crippen molar-refractivity contribution in [3.63, 3.8) is 0 Å². The van der Waals surface area contributed by atoms with Gasteiger partial charge in [-0.3, -0.25) is 4.79 Å². The smallest absolute Gasteiger partial charge is 0.179 e. The van der Waals surface area contributed by atoms with Crippen LogP contribution in [0.25, 0.3) is 0 Å². The molecule has 0 aromatic heterocycles. The molecule has 15 heavy (non-hydrogen) atoms. The lowest BCUT2D eigenvalue weighted by Crippen LogP contribution is -2.73. The predicted octanol–water partition coefficient (Wildman–Crippen LogP) is -3.88. The number of carbonyl (C=O) groups is 1. The number of aliphatic hydroxyl groups is 6. The molecule has 7 heteroatoms. The zero-order valence-corrected chi connectivity index (χ0v) is 7.98. The van der Waals surface area contributed by atoms with Gasteiger partial charge in [0, 0.05) is 0 Å². The molecular formula is C8H14O7. The van der Waals surface area contributed by atoms with Crippen LogP contribution in [-0.2, 0) is 4.79 Å². The van der Waals surface area contributed by atoms with Gasteiger partial charge in [0.2, 0.25) is 0 Å². The third-order valence-corrected chi connectivity index (χ3v) is 2.81. The molecule has 1 rings (SSSR count). The van der Waals surface area contributed by atoms with Gasteiger partial charge in [0.25, 0.3) is 0 Å². The highest BCUT2D eigenvalue weighted by Gasteiger charge is 2.60. The SMILES string of the molecule is CC(=O)C1(O)[C@H](O)[C@@H](O)C(O)[C@H](O)[C@@H]1O. The van der Waals surface area contributed by atoms with Gasteiger partial charge < -0.3 is 30.6 Å². The molecule has 0 aromatic carbocycles. The Balaban J connectivity index is 3.12. The van der Waals surface area contributed by atoms with Crippen LogP contribution in [0.3, 0.4) is 0 Å². The molecule has 6 atom stereocenters. The summed E-state index contributed by atoms with van der Waals surface area (Å²) in [5.41, 5.74) is -2.67. The molecule has 1 fully saturated rings. The van der Waals surface area contributed by atoms with Crippen LogP contribution in [0.15, 0.2) is 0 Å². The molecule has 7 nitrogen and oxygen atoms in total. The molecule has 0 saturated heterocycles. The monoisotopic (exact) mass is 222 g/mol. The van der Waals surface area contributed by atoms with E-state index in [4.69, 9.17) is 5.11 Å². The standard InChI is InChI=1S/C8H14O7/c1-2(9)8(15)6(13)4(11)3(10)5(12)7(8)14/h3-7,10-15H,1H3/t3?,4-,5-,6-,7+,8?/m0/s1. The van der Waals surface area contributed by atoms with Crippen LogP contribution in [0.4, 0.5) is 0 Å². The van der Waals surface area contributed by atoms with Crippen LogP contribution < -0.4 is 0 Å². The minimum atomic E-state index is -2.67. The fourth-order valence-corrected chi connectivity index (χ4v) is 1.69. The van der Waals surface area contributed by atoms with Crippen LogP contribution >= 0.6 is 0 Å². The van der Waals surface area contributed by atoms with E-state index in [1.165, 1.54) is 0 Å². The highest BCUT2D eigenvalue weighted by Crippen LogP contribution is 2.30. The first-order valence-corrected chi connectivity index (χ1v) is 4.38. The van der Waals surface area contributed by atoms with E-state index in [-0.39, 0.29) is 0 Å². The first-order valence-electron chi connectivity index (χ1n) is 4.38. The quantitative estimate of drug-likeness (QED) is 0.267. The number of ketones is 1. The van der Waals surface area contributed by atoms with Gasteiger partial charge in [-0.25, -0.2) is 0 Å². The summed E-state index contributed by atoms with van der Waals surface area (Å²) in [5, 5.41) is 56.0. The lowest BCUT2D eigenvalue weighted by molar-refractivity contribution is -0.258. The van der Waals surface area contributed by atoms with Gasteiger partial charge in [-0.1, -0.05) is 0 Å². The second-order valence-corrected chi connectivity index (χ2v) is 3.74. The molecule has 0 aliphatic heterocycles. The van der Waals surface area contributed by atoms with Crippen molar-refractivity contribution in [2.75, 3.05) is 0 Å². The molecule has 6 N–H and O–H groups in total. The summed E-state index contributed by atoms with van der Waals surface area (Å²) in [5.74, 6) is -1.01. The molecule has 0 heterocycles. The zero-order chi connectivity index (χ0) is 12.0. The summed E-state index contributed by atoms with van der Waals surface area (Å²) in [7, 11) is 0. The zero-order valence-electron chi connectivity index (χ0n) is 7.98. The first kappa shape index (κ1) is 12.5. The maximum Gasteiger partial charge on any atom is 0.179 e. The Kier molecular flexibility index (Phi) is 3.15. The Bertz CT molecular complexity index is 250. The van der Waals surface area contributed by atoms with E-state index in [9.17, 15) is 30.3 Å². The van der Waals surface area contributed by atoms with Gasteiger partial charge in [0.15, 0.2) is 11.4 Å². The third kappa shape index (κ3) is 1.57. The van der Waals surface area contributed by atoms with Gasteiger partial charge in [-0.15, -0.1) is 0 Å². The van der Waals surface area contributed by atoms with E-state index in [0.717, 1.165) is 6.92 Å². The lowest BCUT2D eigenvalue weighted by atomic mass is 9.73. The molecule has 88 valence electrons. The molecule has 0 amide bonds. The van der Waals surface area contributed by atoms with Crippen molar-refractivity contribution >= 4 is 5.78 Å². The van der Waals surface area contributed by atoms with Gasteiger partial charge in [0.1, 0.15) is 30.5 Å². The Morgan fingerprint density at radius 2 is 1.27 bits per heavy atom. The summed E-state index contributed by atoms with van der Waals surface area (Å²) >= 11 is 0. The summed E-state index contributed by atoms with van der Waals surface area (Å²) in [4.78, 5) is 11.1. The number of rotatable bonds is 1. The second-order valence-electron chi connectivity index (χ2n) is 3.74. The van der Waals surface area contributed by atoms with Crippen molar-refractivity contribution in [3.8, 4) is 0 Å². The van der Waals surface area contributed by atoms with E-state index < -0.39 is 41.9 Å². The highest BCUT2D eigenvalue weighted by atomic mass is 16.4. The summed E-state index contributed by atoms with van der Waals surface area (Å²) in [6.45, 7) is 0.892. The summed E-state index contributed by atoms with van der Waals surface area (Å²) < 4.78 is 0. The van der Waals surface area contributed by atoms with Crippen LogP contribution in [-0.4, -0.2) is 72.5 Å². The molecular weight excluding hydrogens is 208 g/mol. The third-order valence-electron chi connectivity index (χ3n) is 2.81. The summed E-state index contributed by atoms with van der Waals surface area (Å²) in [6, 6.07) is 0. The van der Waals surface area contributed by atoms with Crippen LogP contribution in [0.2, 0.25) is 0 Å². The fourth-order valence-electron chi connectivity index (χ4n) is 1.69. The Hall–Kier alpha value is -0.570. The Morgan fingerprint density at radius 1 is 0.933 bits per heavy atom. The van der Waals surface area contributed by atoms with Crippen molar-refractivity contribution in [2.45, 2.75) is 43.0 Å². The molecule has 2 unspecified atom stereocenters. The van der Waals surface area contributed by atoms with Crippen molar-refractivity contribution in [1.82, 2.24) is 0 Å². The van der Waals surface area contributed by atoms with Crippen molar-refractivity contribution in [1.29, 1.82) is 0 Å². The van der Waals surface area contributed by atoms with Crippen molar-refractivity contribution in [2.24, 2.45) is 0 Å². The second kappa shape index (κ2) is 3.78. The molecule has 0 spiro atoms. The minimum Gasteiger partial charge on any atom is -0.387 e. The Morgan fingerprint density at radius 3 is 1.53 bits per heavy atom. The van der Waals surface area contributed by atoms with E-state index in [2.05, 4.69) is 0 Å². The lowest BCUT2D eigenvalue weighted by Gasteiger charge is -2.46. The van der Waals surface area contributed by atoms with Gasteiger partial charge in [-0.05, 0) is 6.92 Å². The number of Topliss-reactive ketones (excluding diaryl/α,β-unsaturated/α-hetero) is 1. The number of carbonyl (C=O) groups excluding carboxylic acids is 1. The average Bonchev–Trinajstić information content (AvgIpc) is 2.20. The average molecular weight is 222 g/mol. The maximum absolute atomic E-state index is 11.1. The summed E-state index contributed by atoms with van der Waals surface area (Å²) in [6.07, 6.45) is -9.74. The molecule has 1 saturated carbocycles. The maximum atomic E-state index is 11.1. The topological polar surface area (TPSA) is 138 Å². The van der Waals surface area contributed by atoms with E-state index in [0.29, 0.717) is 0 Å². The van der Waals surface area contributed by atoms with Crippen molar-refractivity contribution in [3.05, 3.63) is 0 Å². The molecule has 1 aliphatic rings. The van der Waals surface area contributed by atoms with Crippen LogP contribution in [0.1, 0.15) is 6.92 Å². The van der Waals surface area contributed by atoms with Gasteiger partial charge >= 0.3 is 0 Å². The van der Waals surface area contributed by atoms with E-state index in [1.807, 2.05) is 0 Å². The number of hydrogen-bond acceptors (Lipinski definition) is 7. The highest BCUT2D eigenvalue weighted by molar-refractivity contribution is 5.86. The fraction of sp³-hybridized carbons (Fsp3) is 0.875. The normalized spacial score (nSPS) is 51.5. The van der Waals surface area contributed by atoms with Crippen LogP contribution in [0.5, 0.6) is 0 Å². The van der Waals surface area contributed by atoms with E-state index >= 15 is 0 Å².